The molecule has 2 aromatic carbocycles. The van der Waals surface area contributed by atoms with Crippen molar-refractivity contribution in [1.82, 2.24) is 25.5 Å². The molecule has 1 amide bonds. The standard InChI is InChI=1S/C29H31ClN6O2/c1-17-23-12-18(9-10-26(23)36-35-17)24-13-20(15-33-27(24)30)31-16-21(34-28(37)38-29(2,3)4)11-19-14-32-25-8-6-5-7-22(19)25/h5-10,12-15,21,31-32H,11,16H2,1-4H3,(H,34,37)(H,35,36)/t21-/m0/s1. The van der Waals surface area contributed by atoms with E-state index in [4.69, 9.17) is 16.3 Å². The molecular weight excluding hydrogens is 500 g/mol. The molecule has 0 bridgehead atoms. The number of fused-ring (bicyclic) bond motifs is 2. The summed E-state index contributed by atoms with van der Waals surface area (Å²) in [6.07, 6.45) is 3.84. The van der Waals surface area contributed by atoms with E-state index < -0.39 is 11.7 Å². The maximum Gasteiger partial charge on any atom is 0.407 e. The van der Waals surface area contributed by atoms with Crippen LogP contribution in [0.2, 0.25) is 5.15 Å². The van der Waals surface area contributed by atoms with Crippen LogP contribution in [-0.2, 0) is 11.2 Å². The molecule has 3 aromatic heterocycles. The third-order valence-electron chi connectivity index (χ3n) is 6.32. The third-order valence-corrected chi connectivity index (χ3v) is 6.62. The topological polar surface area (TPSA) is 108 Å². The number of halogens is 1. The molecule has 196 valence electrons. The SMILES string of the molecule is Cc1n[nH]c2ccc(-c3cc(NC[C@H](Cc4c[nH]c5ccccc45)NC(=O)OC(C)(C)C)cnc3Cl)cc12. The number of pyridine rings is 1. The van der Waals surface area contributed by atoms with Crippen molar-refractivity contribution in [1.29, 1.82) is 0 Å². The lowest BCUT2D eigenvalue weighted by Gasteiger charge is -2.24. The molecule has 1 atom stereocenters. The Balaban J connectivity index is 1.37. The molecule has 0 saturated heterocycles. The van der Waals surface area contributed by atoms with Gasteiger partial charge in [0, 0.05) is 34.6 Å². The summed E-state index contributed by atoms with van der Waals surface area (Å²) in [7, 11) is 0. The summed E-state index contributed by atoms with van der Waals surface area (Å²) in [5.41, 5.74) is 6.03. The van der Waals surface area contributed by atoms with Crippen LogP contribution >= 0.6 is 11.6 Å². The van der Waals surface area contributed by atoms with Gasteiger partial charge >= 0.3 is 6.09 Å². The monoisotopic (exact) mass is 530 g/mol. The molecule has 0 aliphatic heterocycles. The van der Waals surface area contributed by atoms with Crippen LogP contribution in [0.15, 0.2) is 60.9 Å². The average molecular weight is 531 g/mol. The molecule has 0 saturated carbocycles. The maximum absolute atomic E-state index is 12.7. The Morgan fingerprint density at radius 3 is 2.74 bits per heavy atom. The number of rotatable bonds is 7. The van der Waals surface area contributed by atoms with Crippen LogP contribution in [0.1, 0.15) is 32.0 Å². The number of carbonyl (C=O) groups is 1. The molecule has 5 rings (SSSR count). The van der Waals surface area contributed by atoms with Crippen LogP contribution < -0.4 is 10.6 Å². The molecule has 8 nitrogen and oxygen atoms in total. The highest BCUT2D eigenvalue weighted by molar-refractivity contribution is 6.32. The molecule has 0 aliphatic rings. The number of ether oxygens (including phenoxy) is 1. The van der Waals surface area contributed by atoms with Crippen LogP contribution in [-0.4, -0.2) is 44.4 Å². The minimum Gasteiger partial charge on any atom is -0.444 e. The number of aryl methyl sites for hydroxylation is 1. The number of benzene rings is 2. The number of hydrogen-bond donors (Lipinski definition) is 4. The molecule has 0 unspecified atom stereocenters. The van der Waals surface area contributed by atoms with E-state index in [1.54, 1.807) is 6.20 Å². The minimum absolute atomic E-state index is 0.242. The van der Waals surface area contributed by atoms with Gasteiger partial charge in [-0.25, -0.2) is 9.78 Å². The number of alkyl carbamates (subject to hydrolysis) is 1. The molecule has 0 spiro atoms. The predicted octanol–water partition coefficient (Wildman–Crippen LogP) is 6.62. The van der Waals surface area contributed by atoms with Crippen molar-refractivity contribution >= 4 is 45.2 Å². The van der Waals surface area contributed by atoms with Crippen molar-refractivity contribution < 1.29 is 9.53 Å². The molecule has 9 heteroatoms. The smallest absolute Gasteiger partial charge is 0.407 e. The van der Waals surface area contributed by atoms with Gasteiger partial charge in [-0.15, -0.1) is 0 Å². The van der Waals surface area contributed by atoms with Crippen molar-refractivity contribution in [3.05, 3.63) is 77.3 Å². The normalized spacial score (nSPS) is 12.6. The predicted molar refractivity (Wildman–Crippen MR) is 153 cm³/mol. The lowest BCUT2D eigenvalue weighted by molar-refractivity contribution is 0.0507. The Hall–Kier alpha value is -4.04. The van der Waals surface area contributed by atoms with Gasteiger partial charge in [0.15, 0.2) is 0 Å². The van der Waals surface area contributed by atoms with Crippen LogP contribution in [0.3, 0.4) is 0 Å². The zero-order chi connectivity index (χ0) is 26.9. The van der Waals surface area contributed by atoms with Gasteiger partial charge in [0.05, 0.1) is 29.1 Å². The van der Waals surface area contributed by atoms with Gasteiger partial charge in [0.25, 0.3) is 0 Å². The molecule has 5 aromatic rings. The van der Waals surface area contributed by atoms with Crippen molar-refractivity contribution in [3.8, 4) is 11.1 Å². The van der Waals surface area contributed by atoms with Gasteiger partial charge < -0.3 is 20.4 Å². The number of para-hydroxylation sites is 1. The number of H-pyrrole nitrogens is 2. The summed E-state index contributed by atoms with van der Waals surface area (Å²) in [5, 5.41) is 16.4. The Morgan fingerprint density at radius 1 is 1.11 bits per heavy atom. The lowest BCUT2D eigenvalue weighted by Crippen LogP contribution is -2.43. The van der Waals surface area contributed by atoms with Gasteiger partial charge in [0.1, 0.15) is 10.8 Å². The molecule has 0 fully saturated rings. The first kappa shape index (κ1) is 25.6. The Labute approximate surface area is 226 Å². The second kappa shape index (κ2) is 10.4. The van der Waals surface area contributed by atoms with Gasteiger partial charge in [-0.05, 0) is 69.5 Å². The van der Waals surface area contributed by atoms with E-state index in [0.717, 1.165) is 49.9 Å². The third kappa shape index (κ3) is 5.75. The van der Waals surface area contributed by atoms with E-state index in [2.05, 4.69) is 42.9 Å². The van der Waals surface area contributed by atoms with Gasteiger partial charge in [-0.2, -0.15) is 5.10 Å². The van der Waals surface area contributed by atoms with E-state index in [1.807, 2.05) is 70.3 Å². The quantitative estimate of drug-likeness (QED) is 0.177. The van der Waals surface area contributed by atoms with E-state index >= 15 is 0 Å². The van der Waals surface area contributed by atoms with Crippen molar-refractivity contribution in [2.45, 2.75) is 45.8 Å². The number of nitrogens with zero attached hydrogens (tertiary/aromatic N) is 2. The molecule has 4 N–H and O–H groups in total. The number of carbonyl (C=O) groups excluding carboxylic acids is 1. The van der Waals surface area contributed by atoms with Crippen LogP contribution in [0.5, 0.6) is 0 Å². The Kier molecular flexibility index (Phi) is 6.99. The summed E-state index contributed by atoms with van der Waals surface area (Å²) in [6, 6.07) is 15.9. The summed E-state index contributed by atoms with van der Waals surface area (Å²) in [5.74, 6) is 0. The fraction of sp³-hybridized carbons (Fsp3) is 0.276. The number of anilines is 1. The van der Waals surface area contributed by atoms with Crippen LogP contribution in [0.25, 0.3) is 32.9 Å². The summed E-state index contributed by atoms with van der Waals surface area (Å²) >= 11 is 6.50. The largest absolute Gasteiger partial charge is 0.444 e. The van der Waals surface area contributed by atoms with E-state index in [1.165, 1.54) is 0 Å². The van der Waals surface area contributed by atoms with E-state index in [9.17, 15) is 4.79 Å². The van der Waals surface area contributed by atoms with Gasteiger partial charge in [-0.1, -0.05) is 35.9 Å². The van der Waals surface area contributed by atoms with Gasteiger partial charge in [0.2, 0.25) is 0 Å². The summed E-state index contributed by atoms with van der Waals surface area (Å²) in [4.78, 5) is 20.4. The molecule has 38 heavy (non-hydrogen) atoms. The molecule has 3 heterocycles. The van der Waals surface area contributed by atoms with Crippen molar-refractivity contribution in [3.63, 3.8) is 0 Å². The second-order valence-electron chi connectivity index (χ2n) is 10.4. The molecule has 0 aliphatic carbocycles. The first-order valence-corrected chi connectivity index (χ1v) is 12.9. The highest BCUT2D eigenvalue weighted by Crippen LogP contribution is 2.31. The second-order valence-corrected chi connectivity index (χ2v) is 10.8. The fourth-order valence-corrected chi connectivity index (χ4v) is 4.73. The number of amides is 1. The number of aromatic amines is 2. The first-order valence-electron chi connectivity index (χ1n) is 12.6. The molecular formula is C29H31ClN6O2. The Morgan fingerprint density at radius 2 is 1.92 bits per heavy atom. The highest BCUT2D eigenvalue weighted by Gasteiger charge is 2.21. The minimum atomic E-state index is -0.591. The number of nitrogens with one attached hydrogen (secondary N) is 4. The lowest BCUT2D eigenvalue weighted by atomic mass is 10.0. The summed E-state index contributed by atoms with van der Waals surface area (Å²) in [6.45, 7) is 7.97. The van der Waals surface area contributed by atoms with E-state index in [0.29, 0.717) is 18.1 Å². The molecule has 0 radical (unpaired) electrons. The Bertz CT molecular complexity index is 1600. The number of aromatic nitrogens is 4. The highest BCUT2D eigenvalue weighted by atomic mass is 35.5. The van der Waals surface area contributed by atoms with Crippen molar-refractivity contribution in [2.24, 2.45) is 0 Å². The average Bonchev–Trinajstić information content (AvgIpc) is 3.45. The first-order chi connectivity index (χ1) is 18.2. The maximum atomic E-state index is 12.7. The number of hydrogen-bond acceptors (Lipinski definition) is 5. The van der Waals surface area contributed by atoms with Crippen LogP contribution in [0.4, 0.5) is 10.5 Å². The summed E-state index contributed by atoms with van der Waals surface area (Å²) < 4.78 is 5.53. The van der Waals surface area contributed by atoms with Crippen molar-refractivity contribution in [2.75, 3.05) is 11.9 Å². The van der Waals surface area contributed by atoms with Crippen LogP contribution in [0, 0.1) is 6.92 Å². The zero-order valence-corrected chi connectivity index (χ0v) is 22.6. The fourth-order valence-electron chi connectivity index (χ4n) is 4.52. The zero-order valence-electron chi connectivity index (χ0n) is 21.9. The van der Waals surface area contributed by atoms with Gasteiger partial charge in [-0.3, -0.25) is 5.10 Å². The van der Waals surface area contributed by atoms with E-state index in [-0.39, 0.29) is 6.04 Å².